The van der Waals surface area contributed by atoms with Crippen molar-refractivity contribution >= 4 is 15.9 Å². The fraction of sp³-hybridized carbons (Fsp3) is 0.381. The molecule has 0 saturated heterocycles. The molecule has 28 heavy (non-hydrogen) atoms. The van der Waals surface area contributed by atoms with Gasteiger partial charge in [-0.05, 0) is 49.6 Å². The molecular formula is C21H28N2O4S. The zero-order valence-electron chi connectivity index (χ0n) is 16.6. The van der Waals surface area contributed by atoms with Crippen LogP contribution in [0.5, 0.6) is 5.75 Å². The van der Waals surface area contributed by atoms with Gasteiger partial charge in [0.25, 0.3) is 5.91 Å². The predicted octanol–water partition coefficient (Wildman–Crippen LogP) is 2.73. The Hall–Kier alpha value is -2.38. The topological polar surface area (TPSA) is 84.5 Å². The number of rotatable bonds is 10. The van der Waals surface area contributed by atoms with E-state index in [1.165, 1.54) is 5.56 Å². The quantitative estimate of drug-likeness (QED) is 0.597. The summed E-state index contributed by atoms with van der Waals surface area (Å²) in [4.78, 5) is 12.1. The number of ether oxygens (including phenoxy) is 1. The van der Waals surface area contributed by atoms with Crippen molar-refractivity contribution in [2.24, 2.45) is 0 Å². The Bertz CT molecular complexity index is 893. The van der Waals surface area contributed by atoms with Gasteiger partial charge in [-0.2, -0.15) is 0 Å². The largest absolute Gasteiger partial charge is 0.484 e. The number of amides is 1. The number of sulfonamides is 1. The van der Waals surface area contributed by atoms with E-state index < -0.39 is 10.0 Å². The lowest BCUT2D eigenvalue weighted by atomic mass is 10.1. The molecule has 0 atom stereocenters. The SMILES string of the molecule is CCCc1ccc(OCC(=O)NCCNS(=O)(=O)c2ccc(C)cc2C)cc1. The second-order valence-electron chi connectivity index (χ2n) is 6.70. The van der Waals surface area contributed by atoms with Gasteiger partial charge >= 0.3 is 0 Å². The molecule has 2 N–H and O–H groups in total. The monoisotopic (exact) mass is 404 g/mol. The molecule has 0 saturated carbocycles. The summed E-state index contributed by atoms with van der Waals surface area (Å²) in [7, 11) is -3.60. The predicted molar refractivity (Wildman–Crippen MR) is 110 cm³/mol. The van der Waals surface area contributed by atoms with Crippen LogP contribution >= 0.6 is 0 Å². The Morgan fingerprint density at radius 1 is 1.04 bits per heavy atom. The normalized spacial score (nSPS) is 11.2. The van der Waals surface area contributed by atoms with Gasteiger partial charge in [-0.3, -0.25) is 4.79 Å². The molecule has 0 spiro atoms. The molecule has 0 aliphatic carbocycles. The van der Waals surface area contributed by atoms with Crippen LogP contribution in [0.15, 0.2) is 47.4 Å². The second-order valence-corrected chi connectivity index (χ2v) is 8.43. The van der Waals surface area contributed by atoms with Gasteiger partial charge in [-0.1, -0.05) is 43.2 Å². The molecule has 0 radical (unpaired) electrons. The summed E-state index contributed by atoms with van der Waals surface area (Å²) >= 11 is 0. The van der Waals surface area contributed by atoms with Crippen molar-refractivity contribution in [3.05, 3.63) is 59.2 Å². The van der Waals surface area contributed by atoms with E-state index in [2.05, 4.69) is 17.0 Å². The molecule has 0 heterocycles. The highest BCUT2D eigenvalue weighted by Gasteiger charge is 2.16. The molecule has 0 aromatic heterocycles. The fourth-order valence-corrected chi connectivity index (χ4v) is 4.06. The highest BCUT2D eigenvalue weighted by molar-refractivity contribution is 7.89. The first-order chi connectivity index (χ1) is 13.3. The summed E-state index contributed by atoms with van der Waals surface area (Å²) in [5.41, 5.74) is 2.93. The van der Waals surface area contributed by atoms with E-state index >= 15 is 0 Å². The summed E-state index contributed by atoms with van der Waals surface area (Å²) in [6.45, 7) is 5.96. The number of hydrogen-bond donors (Lipinski definition) is 2. The van der Waals surface area contributed by atoms with Crippen molar-refractivity contribution in [1.29, 1.82) is 0 Å². The molecule has 2 rings (SSSR count). The van der Waals surface area contributed by atoms with Crippen LogP contribution in [0, 0.1) is 13.8 Å². The molecule has 0 fully saturated rings. The van der Waals surface area contributed by atoms with Crippen molar-refractivity contribution in [2.45, 2.75) is 38.5 Å². The summed E-state index contributed by atoms with van der Waals surface area (Å²) < 4.78 is 32.6. The van der Waals surface area contributed by atoms with Crippen LogP contribution in [0.2, 0.25) is 0 Å². The number of aryl methyl sites for hydroxylation is 3. The minimum atomic E-state index is -3.60. The van der Waals surface area contributed by atoms with Crippen molar-refractivity contribution in [1.82, 2.24) is 10.0 Å². The number of nitrogens with one attached hydrogen (secondary N) is 2. The van der Waals surface area contributed by atoms with Gasteiger partial charge in [0.2, 0.25) is 10.0 Å². The first kappa shape index (κ1) is 21.9. The maximum Gasteiger partial charge on any atom is 0.257 e. The number of hydrogen-bond acceptors (Lipinski definition) is 4. The molecule has 1 amide bonds. The number of benzene rings is 2. The molecule has 2 aromatic carbocycles. The van der Waals surface area contributed by atoms with E-state index in [0.29, 0.717) is 11.3 Å². The van der Waals surface area contributed by atoms with E-state index in [9.17, 15) is 13.2 Å². The Morgan fingerprint density at radius 2 is 1.75 bits per heavy atom. The Kier molecular flexibility index (Phi) is 8.02. The summed E-state index contributed by atoms with van der Waals surface area (Å²) in [5, 5.41) is 2.64. The number of carbonyl (C=O) groups is 1. The van der Waals surface area contributed by atoms with Crippen molar-refractivity contribution < 1.29 is 17.9 Å². The van der Waals surface area contributed by atoms with E-state index in [4.69, 9.17) is 4.74 Å². The lowest BCUT2D eigenvalue weighted by Gasteiger charge is -2.11. The van der Waals surface area contributed by atoms with E-state index in [-0.39, 0.29) is 30.5 Å². The molecule has 152 valence electrons. The van der Waals surface area contributed by atoms with E-state index in [0.717, 1.165) is 18.4 Å². The molecule has 2 aromatic rings. The second kappa shape index (κ2) is 10.2. The fourth-order valence-electron chi connectivity index (χ4n) is 2.81. The molecule has 6 nitrogen and oxygen atoms in total. The Balaban J connectivity index is 1.73. The van der Waals surface area contributed by atoms with Gasteiger partial charge in [0.1, 0.15) is 5.75 Å². The molecule has 0 aliphatic rings. The number of carbonyl (C=O) groups excluding carboxylic acids is 1. The zero-order valence-corrected chi connectivity index (χ0v) is 17.4. The van der Waals surface area contributed by atoms with Crippen LogP contribution in [0.4, 0.5) is 0 Å². The van der Waals surface area contributed by atoms with Gasteiger partial charge < -0.3 is 10.1 Å². The minimum absolute atomic E-state index is 0.104. The molecular weight excluding hydrogens is 376 g/mol. The van der Waals surface area contributed by atoms with Gasteiger partial charge in [0.15, 0.2) is 6.61 Å². The highest BCUT2D eigenvalue weighted by Crippen LogP contribution is 2.16. The van der Waals surface area contributed by atoms with Crippen molar-refractivity contribution in [3.8, 4) is 5.75 Å². The summed E-state index contributed by atoms with van der Waals surface area (Å²) in [6, 6.07) is 12.8. The van der Waals surface area contributed by atoms with Crippen LogP contribution in [-0.4, -0.2) is 34.0 Å². The third-order valence-corrected chi connectivity index (χ3v) is 5.81. The maximum absolute atomic E-state index is 12.3. The lowest BCUT2D eigenvalue weighted by Crippen LogP contribution is -2.36. The smallest absolute Gasteiger partial charge is 0.257 e. The standard InChI is InChI=1S/C21H28N2O4S/c1-4-5-18-7-9-19(10-8-18)27-15-21(24)22-12-13-23-28(25,26)20-11-6-16(2)14-17(20)3/h6-11,14,23H,4-5,12-13,15H2,1-3H3,(H,22,24). The zero-order chi connectivity index (χ0) is 20.6. The molecule has 0 bridgehead atoms. The van der Waals surface area contributed by atoms with Gasteiger partial charge in [0.05, 0.1) is 4.90 Å². The average Bonchev–Trinajstić information content (AvgIpc) is 2.64. The molecule has 7 heteroatoms. The minimum Gasteiger partial charge on any atom is -0.484 e. The Labute approximate surface area is 167 Å². The van der Waals surface area contributed by atoms with Crippen LogP contribution in [-0.2, 0) is 21.2 Å². The van der Waals surface area contributed by atoms with Crippen LogP contribution in [0.1, 0.15) is 30.0 Å². The molecule has 0 unspecified atom stereocenters. The van der Waals surface area contributed by atoms with Gasteiger partial charge in [-0.15, -0.1) is 0 Å². The Morgan fingerprint density at radius 3 is 2.39 bits per heavy atom. The van der Waals surface area contributed by atoms with Crippen LogP contribution < -0.4 is 14.8 Å². The summed E-state index contributed by atoms with van der Waals surface area (Å²) in [6.07, 6.45) is 2.09. The highest BCUT2D eigenvalue weighted by atomic mass is 32.2. The third kappa shape index (κ3) is 6.65. The van der Waals surface area contributed by atoms with Gasteiger partial charge in [-0.25, -0.2) is 13.1 Å². The first-order valence-electron chi connectivity index (χ1n) is 9.37. The van der Waals surface area contributed by atoms with Crippen LogP contribution in [0.25, 0.3) is 0 Å². The van der Waals surface area contributed by atoms with Crippen LogP contribution in [0.3, 0.4) is 0 Å². The first-order valence-corrected chi connectivity index (χ1v) is 10.9. The van der Waals surface area contributed by atoms with Gasteiger partial charge in [0, 0.05) is 13.1 Å². The lowest BCUT2D eigenvalue weighted by molar-refractivity contribution is -0.123. The van der Waals surface area contributed by atoms with E-state index in [1.807, 2.05) is 37.3 Å². The van der Waals surface area contributed by atoms with Crippen molar-refractivity contribution in [3.63, 3.8) is 0 Å². The third-order valence-electron chi connectivity index (χ3n) is 4.19. The molecule has 0 aliphatic heterocycles. The van der Waals surface area contributed by atoms with Crippen molar-refractivity contribution in [2.75, 3.05) is 19.7 Å². The van der Waals surface area contributed by atoms with E-state index in [1.54, 1.807) is 19.1 Å². The maximum atomic E-state index is 12.3. The summed E-state index contributed by atoms with van der Waals surface area (Å²) in [5.74, 6) is 0.328. The average molecular weight is 405 g/mol.